The lowest BCUT2D eigenvalue weighted by atomic mass is 9.88. The molecule has 21 heteroatoms. The number of aromatic amines is 1. The number of ether oxygens (including phenoxy) is 5. The Bertz CT molecular complexity index is 1590. The number of carboxylic acid groups (broad SMARTS) is 1. The van der Waals surface area contributed by atoms with E-state index in [1.165, 1.54) is 0 Å². The molecule has 2 aromatic heterocycles. The highest BCUT2D eigenvalue weighted by atomic mass is 32.2. The number of carbonyl (C=O) groups excluding carboxylic acids is 3. The molecule has 4 N–H and O–H groups in total. The van der Waals surface area contributed by atoms with Crippen LogP contribution in [-0.2, 0) is 63.1 Å². The quantitative estimate of drug-likeness (QED) is 0.166. The highest BCUT2D eigenvalue weighted by Gasteiger charge is 2.65. The zero-order valence-electron chi connectivity index (χ0n) is 25.2. The third kappa shape index (κ3) is 10.4. The maximum absolute atomic E-state index is 11.4. The Labute approximate surface area is 279 Å². The number of nitrogens with one attached hydrogen (secondary N) is 1. The largest absolute Gasteiger partial charge is 0.748 e. The van der Waals surface area contributed by atoms with Gasteiger partial charge in [0.1, 0.15) is 34.2 Å². The van der Waals surface area contributed by atoms with E-state index in [4.69, 9.17) is 33.3 Å². The molecule has 10 unspecified atom stereocenters. The van der Waals surface area contributed by atoms with E-state index in [1.807, 2.05) is 48.8 Å². The monoisotopic (exact) mass is 732 g/mol. The summed E-state index contributed by atoms with van der Waals surface area (Å²) in [6.07, 6.45) is 4.65. The Morgan fingerprint density at radius 2 is 1.37 bits per heavy atom. The van der Waals surface area contributed by atoms with E-state index in [9.17, 15) is 45.7 Å². The third-order valence-corrected chi connectivity index (χ3v) is 8.84. The number of aromatic nitrogens is 2. The van der Waals surface area contributed by atoms with Crippen LogP contribution in [0.25, 0.3) is 0 Å². The second-order valence-electron chi connectivity index (χ2n) is 11.1. The number of pyridine rings is 2. The molecule has 4 bridgehead atoms. The zero-order valence-corrected chi connectivity index (χ0v) is 26.8. The Morgan fingerprint density at radius 3 is 1.76 bits per heavy atom. The average molecular weight is 733 g/mol. The molecular weight excluding hydrogens is 700 g/mol. The molecule has 0 saturated carbocycles. The van der Waals surface area contributed by atoms with Crippen LogP contribution in [0.5, 0.6) is 0 Å². The van der Waals surface area contributed by atoms with Crippen LogP contribution in [0.15, 0.2) is 61.2 Å². The number of fused-ring (bicyclic) bond motifs is 2. The SMILES string of the molecule is O=C(CS(=O)(=O)[O-])OC1C2CC3C(=O)OC1C3O2.O=C(O)CS(=O)(=O)O.O=C1OC2C(O)C3CC1C2O3.c1cc[nH+]cc1.c1ccncc1. The molecule has 0 spiro atoms. The van der Waals surface area contributed by atoms with E-state index in [0.29, 0.717) is 12.8 Å². The minimum atomic E-state index is -4.68. The van der Waals surface area contributed by atoms with Crippen LogP contribution in [0, 0.1) is 11.8 Å². The van der Waals surface area contributed by atoms with Gasteiger partial charge in [0.2, 0.25) is 0 Å². The molecule has 2 aromatic rings. The van der Waals surface area contributed by atoms with Gasteiger partial charge in [-0.25, -0.2) is 13.4 Å². The van der Waals surface area contributed by atoms with Crippen molar-refractivity contribution >= 4 is 44.1 Å². The summed E-state index contributed by atoms with van der Waals surface area (Å²) in [7, 11) is -9.00. The highest BCUT2D eigenvalue weighted by molar-refractivity contribution is 7.86. The molecule has 268 valence electrons. The molecule has 10 atom stereocenters. The fourth-order valence-corrected chi connectivity index (χ4v) is 6.45. The number of aliphatic hydroxyl groups excluding tert-OH is 1. The van der Waals surface area contributed by atoms with Crippen LogP contribution in [-0.4, -0.2) is 125 Å². The normalized spacial score (nSPS) is 32.0. The van der Waals surface area contributed by atoms with E-state index in [-0.39, 0.29) is 42.1 Å². The van der Waals surface area contributed by atoms with Crippen molar-refractivity contribution in [3.05, 3.63) is 61.2 Å². The van der Waals surface area contributed by atoms with Crippen molar-refractivity contribution in [2.45, 2.75) is 61.7 Å². The first-order valence-corrected chi connectivity index (χ1v) is 17.7. The van der Waals surface area contributed by atoms with Gasteiger partial charge < -0.3 is 38.5 Å². The second kappa shape index (κ2) is 16.1. The van der Waals surface area contributed by atoms with E-state index in [2.05, 4.69) is 9.97 Å². The first-order valence-electron chi connectivity index (χ1n) is 14.5. The summed E-state index contributed by atoms with van der Waals surface area (Å²) in [4.78, 5) is 49.8. The van der Waals surface area contributed by atoms with Crippen molar-refractivity contribution < 1.29 is 84.0 Å². The number of esters is 3. The standard InChI is InChI=1S/C9H10O8S.C7H8O4.2C5H5N.C2H4O5S/c10-5(2-18(12,13)14)16-7-4-1-3-6(15-4)8(7)17-9(3)11;8-4-3-1-2-5(10-3)6(4)11-7(2)9;2*1-2-4-6-5-3-1;3-2(4)1-8(5,6)7/h3-4,6-8H,1-2H2,(H,12,13,14);2-6,8H,1H2;2*1-5H;1H2,(H,3,4)(H,5,6,7). The van der Waals surface area contributed by atoms with Crippen LogP contribution in [0.1, 0.15) is 12.8 Å². The number of aliphatic hydroxyl groups is 1. The number of carbonyl (C=O) groups is 4. The van der Waals surface area contributed by atoms with Gasteiger partial charge in [-0.3, -0.25) is 28.7 Å². The number of nitrogens with zero attached hydrogens (tertiary/aromatic N) is 1. The summed E-state index contributed by atoms with van der Waals surface area (Å²) in [5.74, 6) is -6.16. The average Bonchev–Trinajstić information content (AvgIpc) is 3.84. The fourth-order valence-electron chi connectivity index (χ4n) is 5.78. The molecular formula is C28H32N2O17S2. The predicted octanol–water partition coefficient (Wildman–Crippen LogP) is -2.24. The minimum Gasteiger partial charge on any atom is -0.748 e. The van der Waals surface area contributed by atoms with Gasteiger partial charge in [-0.15, -0.1) is 0 Å². The van der Waals surface area contributed by atoms with Crippen LogP contribution in [0.2, 0.25) is 0 Å². The van der Waals surface area contributed by atoms with Crippen LogP contribution in [0.4, 0.5) is 0 Å². The molecule has 8 heterocycles. The summed E-state index contributed by atoms with van der Waals surface area (Å²) < 4.78 is 83.9. The lowest BCUT2D eigenvalue weighted by molar-refractivity contribution is -0.378. The molecule has 0 aliphatic carbocycles. The maximum Gasteiger partial charge on any atom is 0.321 e. The van der Waals surface area contributed by atoms with Crippen molar-refractivity contribution in [3.63, 3.8) is 0 Å². The summed E-state index contributed by atoms with van der Waals surface area (Å²) in [6.45, 7) is 0. The lowest BCUT2D eigenvalue weighted by Crippen LogP contribution is -2.41. The molecule has 6 saturated heterocycles. The Balaban J connectivity index is 0.000000149. The fraction of sp³-hybridized carbons (Fsp3) is 0.500. The first kappa shape index (κ1) is 37.7. The molecule has 19 nitrogen and oxygen atoms in total. The summed E-state index contributed by atoms with van der Waals surface area (Å²) in [5.41, 5.74) is 0. The van der Waals surface area contributed by atoms with Gasteiger partial charge in [0, 0.05) is 24.5 Å². The van der Waals surface area contributed by atoms with Crippen molar-refractivity contribution in [2.75, 3.05) is 11.5 Å². The van der Waals surface area contributed by atoms with Gasteiger partial charge in [0.25, 0.3) is 10.1 Å². The number of H-pyrrole nitrogens is 1. The van der Waals surface area contributed by atoms with Gasteiger partial charge >= 0.3 is 23.9 Å². The second-order valence-corrected chi connectivity index (χ2v) is 14.0. The molecule has 6 aliphatic heterocycles. The van der Waals surface area contributed by atoms with E-state index in [1.54, 1.807) is 12.4 Å². The zero-order chi connectivity index (χ0) is 35.9. The first-order chi connectivity index (χ1) is 23.0. The van der Waals surface area contributed by atoms with Gasteiger partial charge in [-0.2, -0.15) is 8.42 Å². The highest BCUT2D eigenvalue weighted by Crippen LogP contribution is 2.47. The van der Waals surface area contributed by atoms with E-state index in [0.717, 1.165) is 0 Å². The molecule has 8 rings (SSSR count). The third-order valence-electron chi connectivity index (χ3n) is 7.64. The van der Waals surface area contributed by atoms with Gasteiger partial charge in [-0.05, 0) is 25.0 Å². The van der Waals surface area contributed by atoms with Crippen LogP contribution >= 0.6 is 0 Å². The van der Waals surface area contributed by atoms with Crippen molar-refractivity contribution in [3.8, 4) is 0 Å². The maximum atomic E-state index is 11.4. The molecule has 0 radical (unpaired) electrons. The van der Waals surface area contributed by atoms with E-state index < -0.39 is 74.2 Å². The van der Waals surface area contributed by atoms with Gasteiger partial charge in [0.15, 0.2) is 36.5 Å². The molecule has 6 aliphatic rings. The van der Waals surface area contributed by atoms with Crippen molar-refractivity contribution in [1.82, 2.24) is 4.98 Å². The van der Waals surface area contributed by atoms with Gasteiger partial charge in [0.05, 0.1) is 24.0 Å². The van der Waals surface area contributed by atoms with Crippen LogP contribution < -0.4 is 4.98 Å². The number of aliphatic carboxylic acids is 1. The smallest absolute Gasteiger partial charge is 0.321 e. The number of carboxylic acids is 1. The number of rotatable bonds is 5. The number of hydrogen-bond acceptors (Lipinski definition) is 16. The minimum absolute atomic E-state index is 0.0894. The Hall–Kier alpha value is -4.12. The molecule has 0 amide bonds. The Morgan fingerprint density at radius 1 is 0.837 bits per heavy atom. The molecule has 0 aromatic carbocycles. The van der Waals surface area contributed by atoms with Crippen LogP contribution in [0.3, 0.4) is 0 Å². The lowest BCUT2D eigenvalue weighted by Gasteiger charge is -2.22. The van der Waals surface area contributed by atoms with Gasteiger partial charge in [-0.1, -0.05) is 12.1 Å². The summed E-state index contributed by atoms with van der Waals surface area (Å²) in [5, 5.41) is 17.1. The number of hydrogen-bond donors (Lipinski definition) is 3. The summed E-state index contributed by atoms with van der Waals surface area (Å²) in [6, 6.07) is 11.6. The topological polar surface area (TPSA) is 293 Å². The molecule has 49 heavy (non-hydrogen) atoms. The summed E-state index contributed by atoms with van der Waals surface area (Å²) >= 11 is 0. The predicted molar refractivity (Wildman–Crippen MR) is 155 cm³/mol. The van der Waals surface area contributed by atoms with E-state index >= 15 is 0 Å². The van der Waals surface area contributed by atoms with Crippen molar-refractivity contribution in [1.29, 1.82) is 0 Å². The molecule has 6 fully saturated rings. The van der Waals surface area contributed by atoms with Crippen molar-refractivity contribution in [2.24, 2.45) is 11.8 Å². The Kier molecular flexibility index (Phi) is 12.4.